The maximum absolute atomic E-state index is 12.6. The minimum absolute atomic E-state index is 0.00774. The van der Waals surface area contributed by atoms with E-state index in [0.717, 1.165) is 21.9 Å². The molecule has 27 heavy (non-hydrogen) atoms. The van der Waals surface area contributed by atoms with Gasteiger partial charge < -0.3 is 10.3 Å². The number of nitrogens with one attached hydrogen (secondary N) is 2. The van der Waals surface area contributed by atoms with Crippen LogP contribution in [0.3, 0.4) is 0 Å². The Morgan fingerprint density at radius 1 is 1.11 bits per heavy atom. The van der Waals surface area contributed by atoms with Crippen LogP contribution in [0, 0.1) is 6.92 Å². The van der Waals surface area contributed by atoms with Crippen LogP contribution in [0.5, 0.6) is 0 Å². The zero-order valence-corrected chi connectivity index (χ0v) is 17.4. The SMILES string of the molecule is Cc1ccc2nc(SCC(=O)Nc3c(C(C)C)cccc3C(C)C)[nH]c2c1. The molecular weight excluding hydrogens is 354 g/mol. The minimum Gasteiger partial charge on any atom is -0.333 e. The summed E-state index contributed by atoms with van der Waals surface area (Å²) in [4.78, 5) is 20.5. The first-order chi connectivity index (χ1) is 12.8. The smallest absolute Gasteiger partial charge is 0.234 e. The highest BCUT2D eigenvalue weighted by molar-refractivity contribution is 7.99. The standard InChI is InChI=1S/C22H27N3OS/c1-13(2)16-7-6-8-17(14(3)4)21(16)25-20(26)12-27-22-23-18-10-9-15(5)11-19(18)24-22/h6-11,13-14H,12H2,1-5H3,(H,23,24)(H,25,26). The summed E-state index contributed by atoms with van der Waals surface area (Å²) in [6, 6.07) is 12.4. The maximum atomic E-state index is 12.6. The highest BCUT2D eigenvalue weighted by atomic mass is 32.2. The molecule has 0 atom stereocenters. The van der Waals surface area contributed by atoms with Crippen LogP contribution in [0.1, 0.15) is 56.2 Å². The second kappa shape index (κ2) is 8.17. The van der Waals surface area contributed by atoms with Gasteiger partial charge in [-0.3, -0.25) is 4.79 Å². The van der Waals surface area contributed by atoms with E-state index < -0.39 is 0 Å². The number of carbonyl (C=O) groups is 1. The van der Waals surface area contributed by atoms with Crippen LogP contribution in [-0.2, 0) is 4.79 Å². The molecule has 0 bridgehead atoms. The third-order valence-electron chi connectivity index (χ3n) is 4.59. The average molecular weight is 382 g/mol. The van der Waals surface area contributed by atoms with Crippen molar-refractivity contribution in [1.29, 1.82) is 0 Å². The van der Waals surface area contributed by atoms with Crippen LogP contribution in [0.15, 0.2) is 41.6 Å². The number of nitrogens with zero attached hydrogens (tertiary/aromatic N) is 1. The quantitative estimate of drug-likeness (QED) is 0.527. The Bertz CT molecular complexity index is 933. The predicted octanol–water partition coefficient (Wildman–Crippen LogP) is 5.85. The molecule has 0 aliphatic heterocycles. The molecule has 0 radical (unpaired) electrons. The van der Waals surface area contributed by atoms with Gasteiger partial charge in [0.15, 0.2) is 5.16 Å². The maximum Gasteiger partial charge on any atom is 0.234 e. The van der Waals surface area contributed by atoms with Crippen molar-refractivity contribution in [3.8, 4) is 0 Å². The number of carbonyl (C=O) groups excluding carboxylic acids is 1. The Labute approximate surface area is 165 Å². The fourth-order valence-electron chi connectivity index (χ4n) is 3.17. The van der Waals surface area contributed by atoms with Crippen LogP contribution >= 0.6 is 11.8 Å². The van der Waals surface area contributed by atoms with Crippen molar-refractivity contribution in [1.82, 2.24) is 9.97 Å². The van der Waals surface area contributed by atoms with Gasteiger partial charge in [0, 0.05) is 5.69 Å². The van der Waals surface area contributed by atoms with E-state index in [1.165, 1.54) is 28.5 Å². The highest BCUT2D eigenvalue weighted by Gasteiger charge is 2.16. The number of amides is 1. The largest absolute Gasteiger partial charge is 0.333 e. The van der Waals surface area contributed by atoms with Crippen molar-refractivity contribution in [2.45, 2.75) is 51.6 Å². The first-order valence-electron chi connectivity index (χ1n) is 9.37. The number of thioether (sulfide) groups is 1. The van der Waals surface area contributed by atoms with Gasteiger partial charge in [0.05, 0.1) is 16.8 Å². The molecule has 3 rings (SSSR count). The monoisotopic (exact) mass is 381 g/mol. The normalized spacial score (nSPS) is 11.5. The predicted molar refractivity (Wildman–Crippen MR) is 115 cm³/mol. The number of imidazole rings is 1. The Morgan fingerprint density at radius 3 is 2.41 bits per heavy atom. The number of benzene rings is 2. The zero-order chi connectivity index (χ0) is 19.6. The molecule has 0 aliphatic carbocycles. The Kier molecular flexibility index (Phi) is 5.90. The van der Waals surface area contributed by atoms with Gasteiger partial charge in [-0.1, -0.05) is 63.7 Å². The molecule has 142 valence electrons. The van der Waals surface area contributed by atoms with Crippen LogP contribution in [0.4, 0.5) is 5.69 Å². The van der Waals surface area contributed by atoms with Gasteiger partial charge in [-0.15, -0.1) is 0 Å². The van der Waals surface area contributed by atoms with E-state index in [-0.39, 0.29) is 5.91 Å². The highest BCUT2D eigenvalue weighted by Crippen LogP contribution is 2.32. The van der Waals surface area contributed by atoms with Crippen molar-refractivity contribution < 1.29 is 4.79 Å². The van der Waals surface area contributed by atoms with Crippen molar-refractivity contribution in [3.63, 3.8) is 0 Å². The number of fused-ring (bicyclic) bond motifs is 1. The van der Waals surface area contributed by atoms with Gasteiger partial charge in [0.2, 0.25) is 5.91 Å². The van der Waals surface area contributed by atoms with Gasteiger partial charge >= 0.3 is 0 Å². The molecule has 0 unspecified atom stereocenters. The summed E-state index contributed by atoms with van der Waals surface area (Å²) in [6.07, 6.45) is 0. The molecule has 1 heterocycles. The van der Waals surface area contributed by atoms with Gasteiger partial charge in [-0.2, -0.15) is 0 Å². The molecule has 2 N–H and O–H groups in total. The molecule has 1 aromatic heterocycles. The fraction of sp³-hybridized carbons (Fsp3) is 0.364. The second-order valence-electron chi connectivity index (χ2n) is 7.52. The number of para-hydroxylation sites is 1. The number of aromatic nitrogens is 2. The number of aromatic amines is 1. The zero-order valence-electron chi connectivity index (χ0n) is 16.6. The number of aryl methyl sites for hydroxylation is 1. The lowest BCUT2D eigenvalue weighted by atomic mass is 9.92. The Balaban J connectivity index is 1.73. The molecule has 0 saturated heterocycles. The molecule has 0 spiro atoms. The summed E-state index contributed by atoms with van der Waals surface area (Å²) >= 11 is 1.43. The number of rotatable bonds is 6. The third-order valence-corrected chi connectivity index (χ3v) is 5.47. The van der Waals surface area contributed by atoms with E-state index in [1.54, 1.807) is 0 Å². The van der Waals surface area contributed by atoms with E-state index in [1.807, 2.05) is 12.1 Å². The van der Waals surface area contributed by atoms with Crippen molar-refractivity contribution >= 4 is 34.4 Å². The van der Waals surface area contributed by atoms with E-state index >= 15 is 0 Å². The third kappa shape index (κ3) is 4.53. The van der Waals surface area contributed by atoms with Crippen molar-refractivity contribution in [2.24, 2.45) is 0 Å². The van der Waals surface area contributed by atoms with Gasteiger partial charge in [-0.25, -0.2) is 4.98 Å². The van der Waals surface area contributed by atoms with Crippen molar-refractivity contribution in [3.05, 3.63) is 53.1 Å². The van der Waals surface area contributed by atoms with E-state index in [9.17, 15) is 4.79 Å². The fourth-order valence-corrected chi connectivity index (χ4v) is 3.86. The van der Waals surface area contributed by atoms with Crippen LogP contribution < -0.4 is 5.32 Å². The van der Waals surface area contributed by atoms with Gasteiger partial charge in [0.25, 0.3) is 0 Å². The number of H-pyrrole nitrogens is 1. The van der Waals surface area contributed by atoms with Gasteiger partial charge in [0.1, 0.15) is 0 Å². The Hall–Kier alpha value is -2.27. The van der Waals surface area contributed by atoms with E-state index in [4.69, 9.17) is 0 Å². The van der Waals surface area contributed by atoms with Crippen LogP contribution in [0.2, 0.25) is 0 Å². The number of hydrogen-bond donors (Lipinski definition) is 2. The lowest BCUT2D eigenvalue weighted by Gasteiger charge is -2.20. The molecule has 4 nitrogen and oxygen atoms in total. The lowest BCUT2D eigenvalue weighted by Crippen LogP contribution is -2.17. The molecule has 5 heteroatoms. The topological polar surface area (TPSA) is 57.8 Å². The summed E-state index contributed by atoms with van der Waals surface area (Å²) in [6.45, 7) is 10.7. The molecular formula is C22H27N3OS. The summed E-state index contributed by atoms with van der Waals surface area (Å²) < 4.78 is 0. The van der Waals surface area contributed by atoms with Crippen molar-refractivity contribution in [2.75, 3.05) is 11.1 Å². The average Bonchev–Trinajstić information content (AvgIpc) is 3.01. The minimum atomic E-state index is -0.00774. The second-order valence-corrected chi connectivity index (χ2v) is 8.48. The van der Waals surface area contributed by atoms with E-state index in [0.29, 0.717) is 17.6 Å². The van der Waals surface area contributed by atoms with Gasteiger partial charge in [-0.05, 0) is 47.6 Å². The molecule has 1 amide bonds. The summed E-state index contributed by atoms with van der Waals surface area (Å²) in [7, 11) is 0. The first-order valence-corrected chi connectivity index (χ1v) is 10.4. The number of anilines is 1. The number of hydrogen-bond acceptors (Lipinski definition) is 3. The lowest BCUT2D eigenvalue weighted by molar-refractivity contribution is -0.113. The first kappa shape index (κ1) is 19.5. The summed E-state index contributed by atoms with van der Waals surface area (Å²) in [5.41, 5.74) is 6.44. The summed E-state index contributed by atoms with van der Waals surface area (Å²) in [5.74, 6) is 1.02. The van der Waals surface area contributed by atoms with Crippen LogP contribution in [-0.4, -0.2) is 21.6 Å². The van der Waals surface area contributed by atoms with E-state index in [2.05, 4.69) is 74.2 Å². The Morgan fingerprint density at radius 2 is 1.78 bits per heavy atom. The van der Waals surface area contributed by atoms with Crippen LogP contribution in [0.25, 0.3) is 11.0 Å². The molecule has 2 aromatic carbocycles. The summed E-state index contributed by atoms with van der Waals surface area (Å²) in [5, 5.41) is 3.92. The molecule has 3 aromatic rings. The molecule has 0 fully saturated rings. The molecule has 0 saturated carbocycles. The molecule has 0 aliphatic rings.